The summed E-state index contributed by atoms with van der Waals surface area (Å²) in [7, 11) is 3.32. The molecule has 106 valence electrons. The van der Waals surface area contributed by atoms with E-state index in [1.54, 1.807) is 14.2 Å². The van der Waals surface area contributed by atoms with Crippen LogP contribution in [-0.2, 0) is 11.2 Å². The van der Waals surface area contributed by atoms with E-state index in [1.165, 1.54) is 5.56 Å². The van der Waals surface area contributed by atoms with Crippen molar-refractivity contribution in [1.29, 1.82) is 0 Å². The first kappa shape index (κ1) is 14.7. The summed E-state index contributed by atoms with van der Waals surface area (Å²) < 4.78 is 16.2. The first-order valence-corrected chi connectivity index (χ1v) is 7.52. The molecule has 0 saturated carbocycles. The molecule has 19 heavy (non-hydrogen) atoms. The Kier molecular flexibility index (Phi) is 5.11. The van der Waals surface area contributed by atoms with Gasteiger partial charge in [0.1, 0.15) is 0 Å². The predicted molar refractivity (Wildman–Crippen MR) is 79.5 cm³/mol. The molecule has 0 bridgehead atoms. The second-order valence-corrected chi connectivity index (χ2v) is 6.23. The highest BCUT2D eigenvalue weighted by atomic mass is 79.9. The zero-order valence-corrected chi connectivity index (χ0v) is 13.3. The van der Waals surface area contributed by atoms with E-state index in [9.17, 15) is 0 Å². The summed E-state index contributed by atoms with van der Waals surface area (Å²) in [4.78, 5) is 0.440. The van der Waals surface area contributed by atoms with Crippen molar-refractivity contribution in [2.24, 2.45) is 5.92 Å². The van der Waals surface area contributed by atoms with E-state index in [4.69, 9.17) is 14.2 Å². The Balaban J connectivity index is 2.02. The molecule has 3 atom stereocenters. The molecule has 0 aliphatic carbocycles. The zero-order chi connectivity index (χ0) is 13.8. The minimum atomic E-state index is 0.385. The molecule has 0 aromatic heterocycles. The molecule has 1 aromatic carbocycles. The zero-order valence-electron chi connectivity index (χ0n) is 11.7. The van der Waals surface area contributed by atoms with Crippen molar-refractivity contribution < 1.29 is 14.2 Å². The summed E-state index contributed by atoms with van der Waals surface area (Å²) in [5, 5.41) is 0. The fraction of sp³-hybridized carbons (Fsp3) is 0.600. The number of hydrogen-bond acceptors (Lipinski definition) is 3. The van der Waals surface area contributed by atoms with Crippen molar-refractivity contribution in [3.05, 3.63) is 23.8 Å². The third kappa shape index (κ3) is 3.63. The van der Waals surface area contributed by atoms with Gasteiger partial charge in [0, 0.05) is 4.83 Å². The Morgan fingerprint density at radius 2 is 2.05 bits per heavy atom. The molecule has 1 aliphatic heterocycles. The minimum Gasteiger partial charge on any atom is -0.493 e. The van der Waals surface area contributed by atoms with Crippen LogP contribution in [0.25, 0.3) is 0 Å². The number of rotatable bonds is 5. The van der Waals surface area contributed by atoms with Crippen LogP contribution in [0.4, 0.5) is 0 Å². The lowest BCUT2D eigenvalue weighted by molar-refractivity contribution is 0.120. The Morgan fingerprint density at radius 3 is 2.63 bits per heavy atom. The highest BCUT2D eigenvalue weighted by molar-refractivity contribution is 9.09. The molecule has 1 aromatic rings. The number of ether oxygens (including phenoxy) is 3. The Morgan fingerprint density at radius 1 is 1.32 bits per heavy atom. The van der Waals surface area contributed by atoms with E-state index < -0.39 is 0 Å². The third-order valence-corrected chi connectivity index (χ3v) is 4.69. The molecule has 1 saturated heterocycles. The Hall–Kier alpha value is -0.740. The topological polar surface area (TPSA) is 27.7 Å². The van der Waals surface area contributed by atoms with Crippen LogP contribution >= 0.6 is 15.9 Å². The van der Waals surface area contributed by atoms with Crippen molar-refractivity contribution in [3.63, 3.8) is 0 Å². The van der Waals surface area contributed by atoms with E-state index in [1.807, 2.05) is 12.1 Å². The number of benzene rings is 1. The Labute approximate surface area is 123 Å². The van der Waals surface area contributed by atoms with Crippen molar-refractivity contribution in [1.82, 2.24) is 0 Å². The maximum Gasteiger partial charge on any atom is 0.160 e. The van der Waals surface area contributed by atoms with Crippen LogP contribution in [0.15, 0.2) is 18.2 Å². The van der Waals surface area contributed by atoms with Crippen LogP contribution < -0.4 is 9.47 Å². The fourth-order valence-corrected chi connectivity index (χ4v) is 3.24. The molecule has 0 N–H and O–H groups in total. The van der Waals surface area contributed by atoms with E-state index in [0.29, 0.717) is 16.8 Å². The van der Waals surface area contributed by atoms with Gasteiger partial charge in [-0.1, -0.05) is 22.0 Å². The predicted octanol–water partition coefficient (Wildman–Crippen LogP) is 3.43. The SMILES string of the molecule is COc1ccc(CC(Br)C2COC(C)C2)cc1OC. The van der Waals surface area contributed by atoms with Crippen molar-refractivity contribution >= 4 is 15.9 Å². The molecular formula is C15H21BrO3. The average Bonchev–Trinajstić information content (AvgIpc) is 2.85. The summed E-state index contributed by atoms with van der Waals surface area (Å²) in [5.41, 5.74) is 1.25. The molecule has 0 spiro atoms. The molecule has 0 radical (unpaired) electrons. The average molecular weight is 329 g/mol. The van der Waals surface area contributed by atoms with Crippen LogP contribution in [0.1, 0.15) is 18.9 Å². The van der Waals surface area contributed by atoms with Crippen molar-refractivity contribution in [2.75, 3.05) is 20.8 Å². The summed E-state index contributed by atoms with van der Waals surface area (Å²) in [6, 6.07) is 6.10. The van der Waals surface area contributed by atoms with Gasteiger partial charge in [-0.25, -0.2) is 0 Å². The van der Waals surface area contributed by atoms with Gasteiger partial charge in [0.2, 0.25) is 0 Å². The quantitative estimate of drug-likeness (QED) is 0.775. The maximum absolute atomic E-state index is 5.63. The first-order valence-electron chi connectivity index (χ1n) is 6.60. The van der Waals surface area contributed by atoms with E-state index in [-0.39, 0.29) is 0 Å². The van der Waals surface area contributed by atoms with E-state index in [2.05, 4.69) is 28.9 Å². The van der Waals surface area contributed by atoms with Crippen LogP contribution in [0.2, 0.25) is 0 Å². The van der Waals surface area contributed by atoms with Gasteiger partial charge in [-0.15, -0.1) is 0 Å². The van der Waals surface area contributed by atoms with Gasteiger partial charge in [-0.05, 0) is 43.4 Å². The van der Waals surface area contributed by atoms with Gasteiger partial charge < -0.3 is 14.2 Å². The smallest absolute Gasteiger partial charge is 0.160 e. The van der Waals surface area contributed by atoms with Gasteiger partial charge in [0.15, 0.2) is 11.5 Å². The van der Waals surface area contributed by atoms with Crippen molar-refractivity contribution in [2.45, 2.75) is 30.7 Å². The number of hydrogen-bond donors (Lipinski definition) is 0. The molecule has 0 amide bonds. The van der Waals surface area contributed by atoms with Gasteiger partial charge in [0.05, 0.1) is 26.9 Å². The second-order valence-electron chi connectivity index (χ2n) is 5.05. The molecule has 1 heterocycles. The maximum atomic E-state index is 5.63. The highest BCUT2D eigenvalue weighted by Gasteiger charge is 2.28. The highest BCUT2D eigenvalue weighted by Crippen LogP contribution is 2.32. The summed E-state index contributed by atoms with van der Waals surface area (Å²) in [6.45, 7) is 2.99. The standard InChI is InChI=1S/C15H21BrO3/c1-10-6-12(9-19-10)13(16)7-11-4-5-14(17-2)15(8-11)18-3/h4-5,8,10,12-13H,6-7,9H2,1-3H3. The van der Waals surface area contributed by atoms with Crippen LogP contribution in [-0.4, -0.2) is 31.8 Å². The van der Waals surface area contributed by atoms with Gasteiger partial charge in [0.25, 0.3) is 0 Å². The fourth-order valence-electron chi connectivity index (χ4n) is 2.50. The minimum absolute atomic E-state index is 0.385. The molecule has 3 unspecified atom stereocenters. The largest absolute Gasteiger partial charge is 0.493 e. The van der Waals surface area contributed by atoms with Crippen LogP contribution in [0.3, 0.4) is 0 Å². The van der Waals surface area contributed by atoms with E-state index in [0.717, 1.165) is 30.9 Å². The number of alkyl halides is 1. The number of methoxy groups -OCH3 is 2. The lowest BCUT2D eigenvalue weighted by atomic mass is 9.97. The third-order valence-electron chi connectivity index (χ3n) is 3.62. The van der Waals surface area contributed by atoms with Gasteiger partial charge in [-0.3, -0.25) is 0 Å². The Bertz CT molecular complexity index is 422. The summed E-state index contributed by atoms with van der Waals surface area (Å²) in [5.74, 6) is 2.15. The van der Waals surface area contributed by atoms with Crippen LogP contribution in [0, 0.1) is 5.92 Å². The lowest BCUT2D eigenvalue weighted by Gasteiger charge is -2.17. The molecular weight excluding hydrogens is 308 g/mol. The summed E-state index contributed by atoms with van der Waals surface area (Å²) >= 11 is 3.80. The second kappa shape index (κ2) is 6.62. The molecule has 4 heteroatoms. The normalized spacial score (nSPS) is 24.2. The molecule has 3 nitrogen and oxygen atoms in total. The first-order chi connectivity index (χ1) is 9.13. The van der Waals surface area contributed by atoms with Gasteiger partial charge >= 0.3 is 0 Å². The summed E-state index contributed by atoms with van der Waals surface area (Å²) in [6.07, 6.45) is 2.49. The molecule has 2 rings (SSSR count). The van der Waals surface area contributed by atoms with E-state index >= 15 is 0 Å². The lowest BCUT2D eigenvalue weighted by Crippen LogP contribution is -2.17. The van der Waals surface area contributed by atoms with Gasteiger partial charge in [-0.2, -0.15) is 0 Å². The monoisotopic (exact) mass is 328 g/mol. The molecule has 1 aliphatic rings. The molecule has 1 fully saturated rings. The number of halogens is 1. The van der Waals surface area contributed by atoms with Crippen molar-refractivity contribution in [3.8, 4) is 11.5 Å². The van der Waals surface area contributed by atoms with Crippen LogP contribution in [0.5, 0.6) is 11.5 Å².